The number of aromatic nitrogens is 1. The second-order valence-electron chi connectivity index (χ2n) is 2.03. The monoisotopic (exact) mass is 135 g/mol. The molecule has 0 atom stereocenters. The highest BCUT2D eigenvalue weighted by molar-refractivity contribution is 5.69. The standard InChI is InChI=1S/C6H5N3O/c7-8-5-1-4-3-10-9-6(4)2-5/h1-3,7,9H. The Hall–Kier alpha value is -1.58. The first-order chi connectivity index (χ1) is 4.90. The summed E-state index contributed by atoms with van der Waals surface area (Å²) >= 11 is 0. The topological polar surface area (TPSA) is 65.1 Å². The van der Waals surface area contributed by atoms with Gasteiger partial charge in [0.25, 0.3) is 0 Å². The first-order valence-corrected chi connectivity index (χ1v) is 2.83. The Bertz CT molecular complexity index is 296. The second kappa shape index (κ2) is 1.70. The van der Waals surface area contributed by atoms with Gasteiger partial charge in [0.05, 0.1) is 11.4 Å². The van der Waals surface area contributed by atoms with Crippen molar-refractivity contribution in [1.29, 1.82) is 5.53 Å². The van der Waals surface area contributed by atoms with Gasteiger partial charge in [0.2, 0.25) is 0 Å². The van der Waals surface area contributed by atoms with Crippen LogP contribution >= 0.6 is 0 Å². The lowest BCUT2D eigenvalue weighted by Gasteiger charge is -1.74. The molecule has 1 aliphatic heterocycles. The summed E-state index contributed by atoms with van der Waals surface area (Å²) in [5, 5.41) is 5.92. The lowest BCUT2D eigenvalue weighted by molar-refractivity contribution is 0.425. The third-order valence-corrected chi connectivity index (χ3v) is 1.39. The Balaban J connectivity index is 2.67. The maximum atomic E-state index is 6.70. The Morgan fingerprint density at radius 1 is 1.50 bits per heavy atom. The van der Waals surface area contributed by atoms with E-state index in [0.29, 0.717) is 5.69 Å². The van der Waals surface area contributed by atoms with Crippen molar-refractivity contribution in [2.75, 3.05) is 0 Å². The van der Waals surface area contributed by atoms with Crippen molar-refractivity contribution < 1.29 is 4.52 Å². The van der Waals surface area contributed by atoms with Crippen LogP contribution in [0.5, 0.6) is 0 Å². The van der Waals surface area contributed by atoms with E-state index in [1.54, 1.807) is 18.4 Å². The number of aromatic amines is 1. The van der Waals surface area contributed by atoms with E-state index in [1.165, 1.54) is 0 Å². The molecule has 10 heavy (non-hydrogen) atoms. The van der Waals surface area contributed by atoms with Gasteiger partial charge in [-0.3, -0.25) is 0 Å². The van der Waals surface area contributed by atoms with Crippen molar-refractivity contribution in [3.05, 3.63) is 18.4 Å². The molecule has 4 nitrogen and oxygen atoms in total. The van der Waals surface area contributed by atoms with Crippen molar-refractivity contribution in [3.63, 3.8) is 0 Å². The van der Waals surface area contributed by atoms with Crippen LogP contribution in [0.2, 0.25) is 0 Å². The van der Waals surface area contributed by atoms with Gasteiger partial charge in [-0.2, -0.15) is 5.11 Å². The molecule has 2 aliphatic rings. The minimum Gasteiger partial charge on any atom is -0.389 e. The molecule has 0 bridgehead atoms. The van der Waals surface area contributed by atoms with Gasteiger partial charge in [0.1, 0.15) is 6.26 Å². The van der Waals surface area contributed by atoms with Crippen LogP contribution < -0.4 is 0 Å². The lowest BCUT2D eigenvalue weighted by atomic mass is 10.3. The molecule has 0 aromatic rings. The summed E-state index contributed by atoms with van der Waals surface area (Å²) in [7, 11) is 0. The number of rotatable bonds is 1. The molecule has 0 aromatic carbocycles. The van der Waals surface area contributed by atoms with Crippen molar-refractivity contribution in [2.45, 2.75) is 0 Å². The molecule has 0 radical (unpaired) electrons. The Morgan fingerprint density at radius 2 is 2.40 bits per heavy atom. The van der Waals surface area contributed by atoms with E-state index in [0.717, 1.165) is 11.3 Å². The summed E-state index contributed by atoms with van der Waals surface area (Å²) in [6.45, 7) is 0. The van der Waals surface area contributed by atoms with E-state index in [9.17, 15) is 0 Å². The fraction of sp³-hybridized carbons (Fsp3) is 0. The van der Waals surface area contributed by atoms with E-state index in [1.807, 2.05) is 0 Å². The molecule has 0 spiro atoms. The van der Waals surface area contributed by atoms with Crippen LogP contribution in [0.15, 0.2) is 28.0 Å². The van der Waals surface area contributed by atoms with Crippen LogP contribution in [0.25, 0.3) is 11.3 Å². The maximum Gasteiger partial charge on any atom is 0.128 e. The normalized spacial score (nSPS) is 10.4. The van der Waals surface area contributed by atoms with Crippen LogP contribution in [0.1, 0.15) is 0 Å². The third kappa shape index (κ3) is 0.556. The maximum absolute atomic E-state index is 6.70. The van der Waals surface area contributed by atoms with Crippen LogP contribution in [-0.2, 0) is 0 Å². The highest BCUT2D eigenvalue weighted by atomic mass is 16.5. The molecule has 50 valence electrons. The smallest absolute Gasteiger partial charge is 0.128 e. The predicted molar refractivity (Wildman–Crippen MR) is 34.5 cm³/mol. The molecule has 1 aliphatic carbocycles. The quantitative estimate of drug-likeness (QED) is 0.579. The number of H-pyrrole nitrogens is 1. The number of nitrogens with zero attached hydrogens (tertiary/aromatic N) is 1. The summed E-state index contributed by atoms with van der Waals surface area (Å²) < 4.78 is 4.78. The molecule has 0 saturated heterocycles. The fourth-order valence-electron chi connectivity index (χ4n) is 0.917. The molecule has 0 fully saturated rings. The minimum absolute atomic E-state index is 0.650. The fourth-order valence-corrected chi connectivity index (χ4v) is 0.917. The lowest BCUT2D eigenvalue weighted by Crippen LogP contribution is -1.59. The summed E-state index contributed by atoms with van der Waals surface area (Å²) in [5.74, 6) is 0. The first-order valence-electron chi connectivity index (χ1n) is 2.83. The molecule has 0 amide bonds. The molecule has 2 rings (SSSR count). The van der Waals surface area contributed by atoms with Gasteiger partial charge < -0.3 is 4.52 Å². The predicted octanol–water partition coefficient (Wildman–Crippen LogP) is 2.37. The summed E-state index contributed by atoms with van der Waals surface area (Å²) in [6.07, 6.45) is 1.59. The number of fused-ring (bicyclic) bond motifs is 1. The van der Waals surface area contributed by atoms with Gasteiger partial charge in [-0.05, 0) is 12.1 Å². The molecule has 0 saturated carbocycles. The second-order valence-corrected chi connectivity index (χ2v) is 2.03. The summed E-state index contributed by atoms with van der Waals surface area (Å²) in [6, 6.07) is 3.54. The Morgan fingerprint density at radius 3 is 3.10 bits per heavy atom. The van der Waals surface area contributed by atoms with Crippen molar-refractivity contribution in [2.24, 2.45) is 5.11 Å². The summed E-state index contributed by atoms with van der Waals surface area (Å²) in [5.41, 5.74) is 9.18. The van der Waals surface area contributed by atoms with Crippen LogP contribution in [0.4, 0.5) is 5.69 Å². The zero-order valence-electron chi connectivity index (χ0n) is 5.09. The largest absolute Gasteiger partial charge is 0.389 e. The van der Waals surface area contributed by atoms with Gasteiger partial charge in [-0.1, -0.05) is 0 Å². The average Bonchev–Trinajstić information content (AvgIpc) is 2.42. The van der Waals surface area contributed by atoms with E-state index < -0.39 is 0 Å². The molecule has 4 heteroatoms. The van der Waals surface area contributed by atoms with E-state index in [2.05, 4.69) is 10.3 Å². The molecule has 0 unspecified atom stereocenters. The van der Waals surface area contributed by atoms with Crippen LogP contribution in [0, 0.1) is 5.53 Å². The minimum atomic E-state index is 0.650. The summed E-state index contributed by atoms with van der Waals surface area (Å²) in [4.78, 5) is 0. The average molecular weight is 135 g/mol. The highest BCUT2D eigenvalue weighted by Crippen LogP contribution is 2.28. The van der Waals surface area contributed by atoms with Gasteiger partial charge >= 0.3 is 0 Å². The van der Waals surface area contributed by atoms with Gasteiger partial charge in [0.15, 0.2) is 0 Å². The van der Waals surface area contributed by atoms with E-state index in [-0.39, 0.29) is 0 Å². The number of hydrogen-bond donors (Lipinski definition) is 2. The Labute approximate surface area is 56.7 Å². The first kappa shape index (κ1) is 5.22. The third-order valence-electron chi connectivity index (χ3n) is 1.39. The molecule has 0 aromatic heterocycles. The van der Waals surface area contributed by atoms with Crippen molar-refractivity contribution in [3.8, 4) is 11.3 Å². The zero-order chi connectivity index (χ0) is 6.97. The molecule has 1 heterocycles. The number of nitrogens with one attached hydrogen (secondary N) is 2. The van der Waals surface area contributed by atoms with Gasteiger partial charge in [-0.15, -0.1) is 0 Å². The van der Waals surface area contributed by atoms with Gasteiger partial charge in [-0.25, -0.2) is 10.7 Å². The number of hydrogen-bond acceptors (Lipinski definition) is 3. The van der Waals surface area contributed by atoms with Crippen molar-refractivity contribution in [1.82, 2.24) is 5.16 Å². The molecule has 2 N–H and O–H groups in total. The Kier molecular flexibility index (Phi) is 0.887. The van der Waals surface area contributed by atoms with E-state index >= 15 is 0 Å². The SMILES string of the molecule is N=Nc1cc2co[nH]c-2c1. The van der Waals surface area contributed by atoms with E-state index in [4.69, 9.17) is 10.1 Å². The highest BCUT2D eigenvalue weighted by Gasteiger charge is 2.07. The molecular formula is C6H5N3O. The van der Waals surface area contributed by atoms with Crippen LogP contribution in [0.3, 0.4) is 0 Å². The van der Waals surface area contributed by atoms with Gasteiger partial charge in [0, 0.05) is 5.56 Å². The molecular weight excluding hydrogens is 130 g/mol. The van der Waals surface area contributed by atoms with Crippen molar-refractivity contribution >= 4 is 5.69 Å². The van der Waals surface area contributed by atoms with Crippen LogP contribution in [-0.4, -0.2) is 5.16 Å². The zero-order valence-corrected chi connectivity index (χ0v) is 5.09.